The van der Waals surface area contributed by atoms with Gasteiger partial charge in [-0.1, -0.05) is 18.9 Å². The summed E-state index contributed by atoms with van der Waals surface area (Å²) in [5, 5.41) is 12.5. The van der Waals surface area contributed by atoms with Crippen LogP contribution in [-0.2, 0) is 6.54 Å². The molecular formula is C17H25N3OS. The van der Waals surface area contributed by atoms with Gasteiger partial charge < -0.3 is 9.67 Å². The average molecular weight is 319 g/mol. The van der Waals surface area contributed by atoms with E-state index in [4.69, 9.17) is 0 Å². The molecule has 4 nitrogen and oxygen atoms in total. The van der Waals surface area contributed by atoms with Crippen molar-refractivity contribution < 1.29 is 5.11 Å². The second kappa shape index (κ2) is 7.90. The normalized spacial score (nSPS) is 21.6. The van der Waals surface area contributed by atoms with E-state index in [1.807, 2.05) is 36.2 Å². The van der Waals surface area contributed by atoms with Crippen LogP contribution in [-0.4, -0.2) is 38.7 Å². The fourth-order valence-electron chi connectivity index (χ4n) is 3.32. The molecule has 1 aliphatic rings. The average Bonchev–Trinajstić information content (AvgIpc) is 3.18. The van der Waals surface area contributed by atoms with Gasteiger partial charge in [-0.25, -0.2) is 4.98 Å². The van der Waals surface area contributed by atoms with Crippen LogP contribution in [0.15, 0.2) is 36.2 Å². The first-order valence-electron chi connectivity index (χ1n) is 8.24. The van der Waals surface area contributed by atoms with Crippen LogP contribution < -0.4 is 0 Å². The number of aliphatic hydroxyl groups excluding tert-OH is 1. The SMILES string of the molecule is OC(CC1CCCCCN1CCn1ccnc1)c1cccs1. The van der Waals surface area contributed by atoms with Crippen LogP contribution >= 0.6 is 11.3 Å². The number of thiophene rings is 1. The third-order valence-corrected chi connectivity index (χ3v) is 5.54. The summed E-state index contributed by atoms with van der Waals surface area (Å²) in [6.45, 7) is 3.17. The van der Waals surface area contributed by atoms with Crippen molar-refractivity contribution in [1.29, 1.82) is 0 Å². The summed E-state index contributed by atoms with van der Waals surface area (Å²) in [6, 6.07) is 4.55. The van der Waals surface area contributed by atoms with Crippen LogP contribution in [0.4, 0.5) is 0 Å². The van der Waals surface area contributed by atoms with Gasteiger partial charge in [0.2, 0.25) is 0 Å². The molecule has 22 heavy (non-hydrogen) atoms. The van der Waals surface area contributed by atoms with E-state index in [1.165, 1.54) is 25.7 Å². The maximum atomic E-state index is 10.5. The Hall–Kier alpha value is -1.17. The summed E-state index contributed by atoms with van der Waals surface area (Å²) in [4.78, 5) is 7.78. The molecule has 2 unspecified atom stereocenters. The van der Waals surface area contributed by atoms with Crippen LogP contribution in [0.25, 0.3) is 0 Å². The summed E-state index contributed by atoms with van der Waals surface area (Å²) < 4.78 is 2.14. The van der Waals surface area contributed by atoms with Gasteiger partial charge in [0, 0.05) is 36.4 Å². The smallest absolute Gasteiger partial charge is 0.0946 e. The van der Waals surface area contributed by atoms with Gasteiger partial charge in [-0.15, -0.1) is 11.3 Å². The standard InChI is InChI=1S/C17H25N3OS/c21-16(17-6-4-12-22-17)13-15-5-2-1-3-8-20(15)11-10-19-9-7-18-14-19/h4,6-7,9,12,14-16,21H,1-3,5,8,10-11,13H2. The van der Waals surface area contributed by atoms with E-state index in [0.29, 0.717) is 6.04 Å². The molecule has 3 heterocycles. The predicted octanol–water partition coefficient (Wildman–Crippen LogP) is 3.31. The van der Waals surface area contributed by atoms with Gasteiger partial charge in [-0.3, -0.25) is 4.90 Å². The predicted molar refractivity (Wildman–Crippen MR) is 90.0 cm³/mol. The Morgan fingerprint density at radius 1 is 1.32 bits per heavy atom. The van der Waals surface area contributed by atoms with E-state index in [2.05, 4.69) is 14.5 Å². The molecule has 3 rings (SSSR count). The minimum atomic E-state index is -0.321. The van der Waals surface area contributed by atoms with E-state index in [-0.39, 0.29) is 6.10 Å². The summed E-state index contributed by atoms with van der Waals surface area (Å²) in [6.07, 6.45) is 11.3. The Bertz CT molecular complexity index is 526. The van der Waals surface area contributed by atoms with Gasteiger partial charge in [-0.05, 0) is 37.3 Å². The third kappa shape index (κ3) is 4.18. The number of nitrogens with zero attached hydrogens (tertiary/aromatic N) is 3. The molecular weight excluding hydrogens is 294 g/mol. The summed E-state index contributed by atoms with van der Waals surface area (Å²) in [5.41, 5.74) is 0. The van der Waals surface area contributed by atoms with Crippen LogP contribution in [0.3, 0.4) is 0 Å². The molecule has 1 aliphatic heterocycles. The lowest BCUT2D eigenvalue weighted by Crippen LogP contribution is -2.38. The number of hydrogen-bond acceptors (Lipinski definition) is 4. The van der Waals surface area contributed by atoms with Crippen molar-refractivity contribution in [2.24, 2.45) is 0 Å². The molecule has 0 radical (unpaired) electrons. The molecule has 1 N–H and O–H groups in total. The van der Waals surface area contributed by atoms with Crippen molar-refractivity contribution in [3.05, 3.63) is 41.1 Å². The Balaban J connectivity index is 1.60. The molecule has 1 saturated heterocycles. The second-order valence-electron chi connectivity index (χ2n) is 6.11. The van der Waals surface area contributed by atoms with E-state index < -0.39 is 0 Å². The summed E-state index contributed by atoms with van der Waals surface area (Å²) in [5.74, 6) is 0. The molecule has 1 fully saturated rings. The molecule has 0 aliphatic carbocycles. The number of imidazole rings is 1. The van der Waals surface area contributed by atoms with Gasteiger partial charge in [0.05, 0.1) is 12.4 Å². The molecule has 0 aromatic carbocycles. The van der Waals surface area contributed by atoms with Crippen molar-refractivity contribution in [1.82, 2.24) is 14.5 Å². The first kappa shape index (κ1) is 15.7. The van der Waals surface area contributed by atoms with Crippen molar-refractivity contribution >= 4 is 11.3 Å². The minimum Gasteiger partial charge on any atom is -0.388 e. The lowest BCUT2D eigenvalue weighted by atomic mass is 10.0. The molecule has 0 bridgehead atoms. The van der Waals surface area contributed by atoms with Crippen molar-refractivity contribution in [3.63, 3.8) is 0 Å². The monoisotopic (exact) mass is 319 g/mol. The zero-order chi connectivity index (χ0) is 15.2. The van der Waals surface area contributed by atoms with Crippen LogP contribution in [0, 0.1) is 0 Å². The van der Waals surface area contributed by atoms with Gasteiger partial charge >= 0.3 is 0 Å². The van der Waals surface area contributed by atoms with Crippen molar-refractivity contribution in [2.45, 2.75) is 50.8 Å². The largest absolute Gasteiger partial charge is 0.388 e. The molecule has 5 heteroatoms. The highest BCUT2D eigenvalue weighted by atomic mass is 32.1. The summed E-state index contributed by atoms with van der Waals surface area (Å²) >= 11 is 1.66. The zero-order valence-corrected chi connectivity index (χ0v) is 13.8. The van der Waals surface area contributed by atoms with Crippen LogP contribution in [0.1, 0.15) is 43.1 Å². The Morgan fingerprint density at radius 2 is 2.27 bits per heavy atom. The highest BCUT2D eigenvalue weighted by Gasteiger charge is 2.24. The molecule has 2 aromatic rings. The molecule has 120 valence electrons. The Kier molecular flexibility index (Phi) is 5.64. The topological polar surface area (TPSA) is 41.3 Å². The molecule has 0 saturated carbocycles. The fourth-order valence-corrected chi connectivity index (χ4v) is 4.04. The lowest BCUT2D eigenvalue weighted by Gasteiger charge is -2.31. The zero-order valence-electron chi connectivity index (χ0n) is 13.0. The number of hydrogen-bond donors (Lipinski definition) is 1. The van der Waals surface area contributed by atoms with E-state index in [0.717, 1.165) is 30.9 Å². The fraction of sp³-hybridized carbons (Fsp3) is 0.588. The van der Waals surface area contributed by atoms with E-state index in [9.17, 15) is 5.11 Å². The molecule has 0 amide bonds. The van der Waals surface area contributed by atoms with Crippen molar-refractivity contribution in [3.8, 4) is 0 Å². The minimum absolute atomic E-state index is 0.321. The molecule has 0 spiro atoms. The maximum Gasteiger partial charge on any atom is 0.0946 e. The molecule has 2 aromatic heterocycles. The lowest BCUT2D eigenvalue weighted by molar-refractivity contribution is 0.101. The molecule has 2 atom stereocenters. The van der Waals surface area contributed by atoms with Gasteiger partial charge in [0.1, 0.15) is 0 Å². The second-order valence-corrected chi connectivity index (χ2v) is 7.09. The maximum absolute atomic E-state index is 10.5. The number of likely N-dealkylation sites (tertiary alicyclic amines) is 1. The van der Waals surface area contributed by atoms with Crippen molar-refractivity contribution in [2.75, 3.05) is 13.1 Å². The van der Waals surface area contributed by atoms with Gasteiger partial charge in [0.15, 0.2) is 0 Å². The summed E-state index contributed by atoms with van der Waals surface area (Å²) in [7, 11) is 0. The van der Waals surface area contributed by atoms with E-state index >= 15 is 0 Å². The first-order valence-corrected chi connectivity index (χ1v) is 9.12. The quantitative estimate of drug-likeness (QED) is 0.888. The highest BCUT2D eigenvalue weighted by Crippen LogP contribution is 2.28. The number of aliphatic hydroxyl groups is 1. The Labute approximate surface area is 136 Å². The van der Waals surface area contributed by atoms with Gasteiger partial charge in [-0.2, -0.15) is 0 Å². The van der Waals surface area contributed by atoms with Crippen LogP contribution in [0.5, 0.6) is 0 Å². The number of rotatable bonds is 6. The first-order chi connectivity index (χ1) is 10.8. The Morgan fingerprint density at radius 3 is 3.05 bits per heavy atom. The third-order valence-electron chi connectivity index (χ3n) is 4.57. The van der Waals surface area contributed by atoms with Crippen LogP contribution in [0.2, 0.25) is 0 Å². The highest BCUT2D eigenvalue weighted by molar-refractivity contribution is 7.10. The number of aromatic nitrogens is 2. The van der Waals surface area contributed by atoms with E-state index in [1.54, 1.807) is 11.3 Å². The van der Waals surface area contributed by atoms with Gasteiger partial charge in [0.25, 0.3) is 0 Å².